The van der Waals surface area contributed by atoms with Gasteiger partial charge in [-0.05, 0) is 0 Å². The topological polar surface area (TPSA) is 41.0 Å². The molecule has 0 unspecified atom stereocenters. The van der Waals surface area contributed by atoms with Gasteiger partial charge >= 0.3 is 0 Å². The van der Waals surface area contributed by atoms with Crippen LogP contribution in [0, 0.1) is 0 Å². The molecule has 0 spiro atoms. The highest BCUT2D eigenvalue weighted by atomic mass is 32.2. The molecule has 2 heterocycles. The highest BCUT2D eigenvalue weighted by molar-refractivity contribution is 7.99. The zero-order valence-corrected chi connectivity index (χ0v) is 9.05. The Morgan fingerprint density at radius 3 is 2.86 bits per heavy atom. The van der Waals surface area contributed by atoms with E-state index in [0.717, 1.165) is 24.7 Å². The summed E-state index contributed by atoms with van der Waals surface area (Å²) in [6.07, 6.45) is 1.61. The monoisotopic (exact) mass is 210 g/mol. The van der Waals surface area contributed by atoms with Crippen LogP contribution in [-0.2, 0) is 0 Å². The van der Waals surface area contributed by atoms with Gasteiger partial charge in [0, 0.05) is 37.7 Å². The van der Waals surface area contributed by atoms with E-state index in [2.05, 4.69) is 20.2 Å². The van der Waals surface area contributed by atoms with E-state index in [1.165, 1.54) is 11.5 Å². The minimum absolute atomic E-state index is 0.883. The van der Waals surface area contributed by atoms with Gasteiger partial charge < -0.3 is 10.2 Å². The molecule has 0 radical (unpaired) electrons. The lowest BCUT2D eigenvalue weighted by Gasteiger charge is -2.27. The zero-order valence-electron chi connectivity index (χ0n) is 8.23. The molecule has 5 heteroatoms. The normalized spacial score (nSPS) is 16.8. The second-order valence-electron chi connectivity index (χ2n) is 3.11. The van der Waals surface area contributed by atoms with Crippen molar-refractivity contribution in [2.45, 2.75) is 0 Å². The number of nitrogens with one attached hydrogen (secondary N) is 1. The predicted octanol–water partition coefficient (Wildman–Crippen LogP) is 1.07. The van der Waals surface area contributed by atoms with Crippen LogP contribution >= 0.6 is 11.8 Å². The van der Waals surface area contributed by atoms with Gasteiger partial charge in [0.25, 0.3) is 0 Å². The van der Waals surface area contributed by atoms with Crippen molar-refractivity contribution < 1.29 is 0 Å². The van der Waals surface area contributed by atoms with Crippen molar-refractivity contribution in [3.63, 3.8) is 0 Å². The fraction of sp³-hybridized carbons (Fsp3) is 0.556. The minimum atomic E-state index is 0.883. The van der Waals surface area contributed by atoms with E-state index < -0.39 is 0 Å². The highest BCUT2D eigenvalue weighted by Crippen LogP contribution is 2.18. The van der Waals surface area contributed by atoms with E-state index in [1.807, 2.05) is 24.9 Å². The molecule has 1 aromatic heterocycles. The third-order valence-electron chi connectivity index (χ3n) is 2.24. The van der Waals surface area contributed by atoms with E-state index >= 15 is 0 Å². The average Bonchev–Trinajstić information content (AvgIpc) is 2.30. The summed E-state index contributed by atoms with van der Waals surface area (Å²) < 4.78 is 0. The molecule has 14 heavy (non-hydrogen) atoms. The van der Waals surface area contributed by atoms with Crippen LogP contribution in [-0.4, -0.2) is 41.6 Å². The first-order valence-corrected chi connectivity index (χ1v) is 5.88. The van der Waals surface area contributed by atoms with Crippen molar-refractivity contribution in [1.29, 1.82) is 0 Å². The van der Waals surface area contributed by atoms with Gasteiger partial charge in [-0.25, -0.2) is 9.97 Å². The molecule has 1 aliphatic rings. The molecular weight excluding hydrogens is 196 g/mol. The Hall–Kier alpha value is -0.970. The Bertz CT molecular complexity index is 299. The summed E-state index contributed by atoms with van der Waals surface area (Å²) in [5.74, 6) is 4.30. The molecule has 0 saturated carbocycles. The molecule has 1 aromatic rings. The summed E-state index contributed by atoms with van der Waals surface area (Å²) in [4.78, 5) is 10.7. The molecule has 1 fully saturated rings. The predicted molar refractivity (Wildman–Crippen MR) is 61.1 cm³/mol. The van der Waals surface area contributed by atoms with Crippen LogP contribution in [0.5, 0.6) is 0 Å². The summed E-state index contributed by atoms with van der Waals surface area (Å²) in [5, 5.41) is 3.02. The molecule has 0 atom stereocenters. The number of thioether (sulfide) groups is 1. The van der Waals surface area contributed by atoms with Crippen molar-refractivity contribution in [2.75, 3.05) is 41.9 Å². The van der Waals surface area contributed by atoms with E-state index in [-0.39, 0.29) is 0 Å². The molecule has 1 saturated heterocycles. The summed E-state index contributed by atoms with van der Waals surface area (Å²) in [6.45, 7) is 2.18. The van der Waals surface area contributed by atoms with Crippen LogP contribution in [0.25, 0.3) is 0 Å². The van der Waals surface area contributed by atoms with Crippen LogP contribution in [0.15, 0.2) is 12.4 Å². The summed E-state index contributed by atoms with van der Waals surface area (Å²) >= 11 is 2.00. The molecule has 0 amide bonds. The first-order chi connectivity index (χ1) is 6.90. The van der Waals surface area contributed by atoms with Crippen molar-refractivity contribution in [3.8, 4) is 0 Å². The van der Waals surface area contributed by atoms with Crippen LogP contribution in [0.2, 0.25) is 0 Å². The maximum atomic E-state index is 4.28. The van der Waals surface area contributed by atoms with Gasteiger partial charge in [-0.2, -0.15) is 11.8 Å². The van der Waals surface area contributed by atoms with E-state index in [9.17, 15) is 0 Å². The van der Waals surface area contributed by atoms with Gasteiger partial charge in [0.15, 0.2) is 0 Å². The smallest absolute Gasteiger partial charge is 0.134 e. The SMILES string of the molecule is CNc1cc(N2CCSCC2)ncn1. The molecule has 0 bridgehead atoms. The maximum Gasteiger partial charge on any atom is 0.134 e. The Morgan fingerprint density at radius 1 is 1.36 bits per heavy atom. The number of hydrogen-bond acceptors (Lipinski definition) is 5. The van der Waals surface area contributed by atoms with Crippen LogP contribution < -0.4 is 10.2 Å². The van der Waals surface area contributed by atoms with Crippen molar-refractivity contribution >= 4 is 23.4 Å². The van der Waals surface area contributed by atoms with Crippen LogP contribution in [0.3, 0.4) is 0 Å². The summed E-state index contributed by atoms with van der Waals surface area (Å²) in [6, 6.07) is 2.00. The quantitative estimate of drug-likeness (QED) is 0.791. The van der Waals surface area contributed by atoms with Crippen molar-refractivity contribution in [1.82, 2.24) is 9.97 Å². The molecule has 0 aliphatic carbocycles. The van der Waals surface area contributed by atoms with E-state index in [4.69, 9.17) is 0 Å². The first kappa shape index (κ1) is 9.58. The van der Waals surface area contributed by atoms with Gasteiger partial charge in [-0.1, -0.05) is 0 Å². The first-order valence-electron chi connectivity index (χ1n) is 4.72. The molecule has 4 nitrogen and oxygen atoms in total. The number of anilines is 2. The van der Waals surface area contributed by atoms with Crippen molar-refractivity contribution in [3.05, 3.63) is 12.4 Å². The summed E-state index contributed by atoms with van der Waals surface area (Å²) in [5.41, 5.74) is 0. The molecule has 76 valence electrons. The Morgan fingerprint density at radius 2 is 2.14 bits per heavy atom. The van der Waals surface area contributed by atoms with Crippen LogP contribution in [0.1, 0.15) is 0 Å². The van der Waals surface area contributed by atoms with E-state index in [0.29, 0.717) is 0 Å². The number of rotatable bonds is 2. The van der Waals surface area contributed by atoms with Crippen molar-refractivity contribution in [2.24, 2.45) is 0 Å². The molecule has 1 N–H and O–H groups in total. The Balaban J connectivity index is 2.13. The van der Waals surface area contributed by atoms with E-state index in [1.54, 1.807) is 6.33 Å². The standard InChI is InChI=1S/C9H14N4S/c1-10-8-6-9(12-7-11-8)13-2-4-14-5-3-13/h6-7H,2-5H2,1H3,(H,10,11,12). The Labute approximate surface area is 88.1 Å². The fourth-order valence-corrected chi connectivity index (χ4v) is 2.35. The minimum Gasteiger partial charge on any atom is -0.373 e. The maximum absolute atomic E-state index is 4.28. The second kappa shape index (κ2) is 4.50. The largest absolute Gasteiger partial charge is 0.373 e. The molecular formula is C9H14N4S. The second-order valence-corrected chi connectivity index (χ2v) is 4.34. The third kappa shape index (κ3) is 2.09. The lowest BCUT2D eigenvalue weighted by atomic mass is 10.4. The molecule has 1 aliphatic heterocycles. The third-order valence-corrected chi connectivity index (χ3v) is 3.19. The summed E-state index contributed by atoms with van der Waals surface area (Å²) in [7, 11) is 1.87. The zero-order chi connectivity index (χ0) is 9.80. The number of aromatic nitrogens is 2. The molecule has 2 rings (SSSR count). The average molecular weight is 210 g/mol. The number of nitrogens with zero attached hydrogens (tertiary/aromatic N) is 3. The van der Waals surface area contributed by atoms with Gasteiger partial charge in [0.05, 0.1) is 0 Å². The Kier molecular flexibility index (Phi) is 3.08. The van der Waals surface area contributed by atoms with Crippen LogP contribution in [0.4, 0.5) is 11.6 Å². The highest BCUT2D eigenvalue weighted by Gasteiger charge is 2.12. The lowest BCUT2D eigenvalue weighted by molar-refractivity contribution is 0.835. The van der Waals surface area contributed by atoms with Gasteiger partial charge in [-0.3, -0.25) is 0 Å². The van der Waals surface area contributed by atoms with Gasteiger partial charge in [0.1, 0.15) is 18.0 Å². The fourth-order valence-electron chi connectivity index (χ4n) is 1.45. The molecule has 0 aromatic carbocycles. The van der Waals surface area contributed by atoms with Gasteiger partial charge in [-0.15, -0.1) is 0 Å². The lowest BCUT2D eigenvalue weighted by Crippen LogP contribution is -2.33. The van der Waals surface area contributed by atoms with Gasteiger partial charge in [0.2, 0.25) is 0 Å². The number of hydrogen-bond donors (Lipinski definition) is 1.